The van der Waals surface area contributed by atoms with Crippen LogP contribution in [0.5, 0.6) is 0 Å². The zero-order chi connectivity index (χ0) is 18.6. The van der Waals surface area contributed by atoms with Crippen LogP contribution in [0.15, 0.2) is 0 Å². The molecule has 0 fully saturated rings. The lowest BCUT2D eigenvalue weighted by Gasteiger charge is -2.32. The molecule has 0 amide bonds. The van der Waals surface area contributed by atoms with E-state index in [-0.39, 0.29) is 25.3 Å². The zero-order valence-electron chi connectivity index (χ0n) is 16.0. The molecule has 152 valence electrons. The summed E-state index contributed by atoms with van der Waals surface area (Å²) in [6, 6.07) is 1.36. The smallest absolute Gasteiger partial charge is 0.346 e. The molecule has 27 heavy (non-hydrogen) atoms. The molecule has 0 bridgehead atoms. The Labute approximate surface area is 165 Å². The van der Waals surface area contributed by atoms with Gasteiger partial charge in [0, 0.05) is 37.2 Å². The van der Waals surface area contributed by atoms with Gasteiger partial charge in [-0.15, -0.1) is 0 Å². The fourth-order valence-corrected chi connectivity index (χ4v) is 5.51. The largest absolute Gasteiger partial charge is 0.393 e. The molecule has 4 heterocycles. The van der Waals surface area contributed by atoms with Gasteiger partial charge in [0.2, 0.25) is 0 Å². The number of rotatable bonds is 6. The highest BCUT2D eigenvalue weighted by Crippen LogP contribution is 2.15. The molecule has 0 saturated heterocycles. The van der Waals surface area contributed by atoms with E-state index in [0.29, 0.717) is 12.1 Å². The van der Waals surface area contributed by atoms with Gasteiger partial charge in [0.25, 0.3) is 0 Å². The van der Waals surface area contributed by atoms with Crippen molar-refractivity contribution in [3.05, 3.63) is 0 Å². The van der Waals surface area contributed by atoms with Crippen LogP contribution < -0.4 is 21.3 Å². The molecule has 0 radical (unpaired) electrons. The highest BCUT2D eigenvalue weighted by molar-refractivity contribution is 7.99. The van der Waals surface area contributed by atoms with Gasteiger partial charge in [-0.2, -0.15) is 11.8 Å². The van der Waals surface area contributed by atoms with E-state index >= 15 is 0 Å². The summed E-state index contributed by atoms with van der Waals surface area (Å²) in [6.45, 7) is 4.66. The summed E-state index contributed by atoms with van der Waals surface area (Å²) in [6.07, 6.45) is 4.36. The zero-order valence-corrected chi connectivity index (χ0v) is 16.8. The number of hydrogen-bond donors (Lipinski definition) is 6. The van der Waals surface area contributed by atoms with Gasteiger partial charge in [-0.1, -0.05) is 0 Å². The molecule has 4 rings (SSSR count). The summed E-state index contributed by atoms with van der Waals surface area (Å²) in [5.74, 6) is 4.43. The second-order valence-corrected chi connectivity index (χ2v) is 9.17. The summed E-state index contributed by atoms with van der Waals surface area (Å²) < 4.78 is 4.74. The topological polar surface area (TPSA) is 94.6 Å². The molecule has 4 aliphatic rings. The lowest BCUT2D eigenvalue weighted by Crippen LogP contribution is -2.61. The van der Waals surface area contributed by atoms with E-state index in [2.05, 4.69) is 30.4 Å². The minimum Gasteiger partial charge on any atom is -0.393 e. The van der Waals surface area contributed by atoms with Gasteiger partial charge in [-0.25, -0.2) is 0 Å². The third kappa shape index (κ3) is 4.63. The summed E-state index contributed by atoms with van der Waals surface area (Å²) in [7, 11) is 0. The Morgan fingerprint density at radius 2 is 1.04 bits per heavy atom. The summed E-state index contributed by atoms with van der Waals surface area (Å²) in [4.78, 5) is 0. The lowest BCUT2D eigenvalue weighted by atomic mass is 10.1. The van der Waals surface area contributed by atoms with Crippen molar-refractivity contribution in [1.29, 1.82) is 0 Å². The van der Waals surface area contributed by atoms with Crippen molar-refractivity contribution >= 4 is 23.7 Å². The second kappa shape index (κ2) is 8.87. The quantitative estimate of drug-likeness (QED) is 0.285. The van der Waals surface area contributed by atoms with Crippen LogP contribution in [-0.4, -0.2) is 106 Å². The molecule has 0 spiro atoms. The highest BCUT2D eigenvalue weighted by Gasteiger charge is 2.33. The minimum absolute atomic E-state index is 0.187. The van der Waals surface area contributed by atoms with Gasteiger partial charge < -0.3 is 10.2 Å². The Balaban J connectivity index is 1.21. The van der Waals surface area contributed by atoms with Crippen LogP contribution in [0.2, 0.25) is 0 Å². The molecule has 0 aliphatic carbocycles. The highest BCUT2D eigenvalue weighted by atomic mass is 32.2. The molecule has 8 nitrogen and oxygen atoms in total. The van der Waals surface area contributed by atoms with E-state index in [1.54, 1.807) is 0 Å². The Morgan fingerprint density at radius 3 is 1.44 bits per heavy atom. The number of hydrogen-bond acceptors (Lipinski definition) is 7. The molecule has 0 unspecified atom stereocenters. The van der Waals surface area contributed by atoms with Crippen LogP contribution in [0.4, 0.5) is 0 Å². The number of nitrogens with one attached hydrogen (secondary N) is 4. The van der Waals surface area contributed by atoms with Gasteiger partial charge in [0.05, 0.1) is 51.5 Å². The van der Waals surface area contributed by atoms with Gasteiger partial charge in [-0.3, -0.25) is 30.4 Å². The normalized spacial score (nSPS) is 33.3. The first kappa shape index (κ1) is 19.1. The average Bonchev–Trinajstić information content (AvgIpc) is 2.72. The average molecular weight is 399 g/mol. The van der Waals surface area contributed by atoms with Crippen molar-refractivity contribution in [2.24, 2.45) is 0 Å². The summed E-state index contributed by atoms with van der Waals surface area (Å²) in [5, 5.41) is 32.9. The van der Waals surface area contributed by atoms with Crippen molar-refractivity contribution in [3.8, 4) is 0 Å². The van der Waals surface area contributed by atoms with Crippen LogP contribution >= 0.6 is 11.8 Å². The Kier molecular flexibility index (Phi) is 6.29. The van der Waals surface area contributed by atoms with Gasteiger partial charge in [0.15, 0.2) is 0 Å². The molecule has 9 heteroatoms. The molecule has 0 aromatic carbocycles. The predicted octanol–water partition coefficient (Wildman–Crippen LogP) is -2.11. The van der Waals surface area contributed by atoms with Crippen LogP contribution in [-0.2, 0) is 0 Å². The predicted molar refractivity (Wildman–Crippen MR) is 108 cm³/mol. The third-order valence-electron chi connectivity index (χ3n) is 6.06. The Morgan fingerprint density at radius 1 is 0.667 bits per heavy atom. The standard InChI is InChI=1S/C18H32N6O2S/c25-9-13-1-5-23-7-3-15(21-17(23)19-13)11-27-12-16-4-8-24-6-2-14(10-26)20-18(24)22-16/h13-16,25-26H,1-12H2,(H2,19,20,21,22)/p+2/t13-,14-,15-,16-/m1/s1. The van der Waals surface area contributed by atoms with Crippen LogP contribution in [0.1, 0.15) is 25.7 Å². The second-order valence-electron chi connectivity index (χ2n) is 8.09. The third-order valence-corrected chi connectivity index (χ3v) is 7.34. The first-order valence-corrected chi connectivity index (χ1v) is 11.5. The molecule has 4 atom stereocenters. The number of guanidine groups is 2. The Hall–Kier alpha value is -1.19. The molecular weight excluding hydrogens is 364 g/mol. The molecular formula is C18H34N6O2S+2. The first-order valence-electron chi connectivity index (χ1n) is 10.3. The summed E-state index contributed by atoms with van der Waals surface area (Å²) >= 11 is 2.02. The van der Waals surface area contributed by atoms with Gasteiger partial charge in [0.1, 0.15) is 12.1 Å². The van der Waals surface area contributed by atoms with E-state index < -0.39 is 0 Å². The van der Waals surface area contributed by atoms with Crippen molar-refractivity contribution < 1.29 is 19.4 Å². The molecule has 0 saturated carbocycles. The Bertz CT molecular complexity index is 548. The van der Waals surface area contributed by atoms with Crippen LogP contribution in [0.25, 0.3) is 0 Å². The molecule has 0 aromatic heterocycles. The summed E-state index contributed by atoms with van der Waals surface area (Å²) in [5.41, 5.74) is 0. The van der Waals surface area contributed by atoms with E-state index in [4.69, 9.17) is 0 Å². The van der Waals surface area contributed by atoms with Crippen molar-refractivity contribution in [2.75, 3.05) is 50.9 Å². The maximum absolute atomic E-state index is 9.39. The number of aliphatic hydroxyl groups excluding tert-OH is 2. The maximum Gasteiger partial charge on any atom is 0.346 e. The van der Waals surface area contributed by atoms with Gasteiger partial charge in [-0.05, 0) is 0 Å². The fourth-order valence-electron chi connectivity index (χ4n) is 4.30. The van der Waals surface area contributed by atoms with Crippen LogP contribution in [0, 0.1) is 0 Å². The van der Waals surface area contributed by atoms with E-state index in [1.807, 2.05) is 11.8 Å². The molecule has 4 aliphatic heterocycles. The number of thioether (sulfide) groups is 1. The van der Waals surface area contributed by atoms with E-state index in [0.717, 1.165) is 62.4 Å². The van der Waals surface area contributed by atoms with Crippen LogP contribution in [0.3, 0.4) is 0 Å². The van der Waals surface area contributed by atoms with E-state index in [9.17, 15) is 10.2 Å². The van der Waals surface area contributed by atoms with E-state index in [1.165, 1.54) is 12.8 Å². The molecule has 0 aromatic rings. The lowest BCUT2D eigenvalue weighted by molar-refractivity contribution is -0.542. The monoisotopic (exact) mass is 398 g/mol. The van der Waals surface area contributed by atoms with Crippen molar-refractivity contribution in [2.45, 2.75) is 49.9 Å². The minimum atomic E-state index is 0.187. The van der Waals surface area contributed by atoms with Crippen molar-refractivity contribution in [1.82, 2.24) is 21.3 Å². The maximum atomic E-state index is 9.39. The molecule has 6 N–H and O–H groups in total. The van der Waals surface area contributed by atoms with Gasteiger partial charge >= 0.3 is 11.9 Å². The SMILES string of the molecule is OC[C@H]1CC[N+]2=C(N[C@@H](CSC[C@H]3CC[N+]4=C(N3)N[C@@H](CO)CC4)CC2)N1. The number of nitrogens with zero attached hydrogens (tertiary/aromatic N) is 2. The first-order chi connectivity index (χ1) is 13.2. The van der Waals surface area contributed by atoms with Crippen molar-refractivity contribution in [3.63, 3.8) is 0 Å². The number of aliphatic hydroxyl groups is 2. The fraction of sp³-hybridized carbons (Fsp3) is 0.889.